The van der Waals surface area contributed by atoms with E-state index in [0.29, 0.717) is 18.8 Å². The molecule has 0 unspecified atom stereocenters. The van der Waals surface area contributed by atoms with Crippen LogP contribution >= 0.6 is 0 Å². The molecule has 2 aliphatic rings. The van der Waals surface area contributed by atoms with Gasteiger partial charge in [0.1, 0.15) is 0 Å². The van der Waals surface area contributed by atoms with Crippen LogP contribution in [-0.4, -0.2) is 45.2 Å². The highest BCUT2D eigenvalue weighted by Gasteiger charge is 2.22. The van der Waals surface area contributed by atoms with Gasteiger partial charge < -0.3 is 20.4 Å². The Kier molecular flexibility index (Phi) is 15.9. The summed E-state index contributed by atoms with van der Waals surface area (Å²) in [4.78, 5) is 11.0. The number of aliphatic hydroxyl groups excluding tert-OH is 3. The van der Waals surface area contributed by atoms with Crippen LogP contribution < -0.4 is 0 Å². The smallest absolute Gasteiger partial charge is 0.303 e. The normalized spacial score (nSPS) is 20.1. The Labute approximate surface area is 255 Å². The molecule has 0 radical (unpaired) electrons. The number of allylic oxidation sites excluding steroid dienone is 2. The molecule has 0 saturated heterocycles. The van der Waals surface area contributed by atoms with E-state index in [4.69, 9.17) is 5.11 Å². The molecule has 0 spiro atoms. The molecule has 1 saturated carbocycles. The fraction of sp³-hybridized carbons (Fsp3) is 0.703. The van der Waals surface area contributed by atoms with Crippen LogP contribution in [0.4, 0.5) is 0 Å². The number of carbonyl (C=O) groups is 1. The quantitative estimate of drug-likeness (QED) is 0.140. The maximum Gasteiger partial charge on any atom is 0.303 e. The summed E-state index contributed by atoms with van der Waals surface area (Å²) in [5, 5.41) is 40.0. The number of aryl methyl sites for hydroxylation is 1. The highest BCUT2D eigenvalue weighted by Crippen LogP contribution is 2.35. The van der Waals surface area contributed by atoms with E-state index < -0.39 is 18.2 Å². The number of benzene rings is 1. The zero-order chi connectivity index (χ0) is 30.2. The zero-order valence-corrected chi connectivity index (χ0v) is 26.2. The molecule has 4 N–H and O–H groups in total. The van der Waals surface area contributed by atoms with Crippen LogP contribution in [0.5, 0.6) is 0 Å². The van der Waals surface area contributed by atoms with Gasteiger partial charge in [0.25, 0.3) is 0 Å². The summed E-state index contributed by atoms with van der Waals surface area (Å²) in [5.41, 5.74) is 6.91. The van der Waals surface area contributed by atoms with E-state index in [1.165, 1.54) is 54.4 Å². The fourth-order valence-electron chi connectivity index (χ4n) is 7.16. The molecule has 3 rings (SSSR count). The molecular formula is C37H58O5. The number of unbranched alkanes of at least 4 members (excludes halogenated alkanes) is 4. The van der Waals surface area contributed by atoms with Crippen molar-refractivity contribution in [2.75, 3.05) is 6.61 Å². The van der Waals surface area contributed by atoms with Gasteiger partial charge in [-0.3, -0.25) is 4.79 Å². The van der Waals surface area contributed by atoms with Gasteiger partial charge in [0.2, 0.25) is 0 Å². The maximum absolute atomic E-state index is 11.0. The van der Waals surface area contributed by atoms with Crippen molar-refractivity contribution in [2.24, 2.45) is 11.8 Å². The first-order valence-corrected chi connectivity index (χ1v) is 17.1. The maximum atomic E-state index is 11.0. The number of aliphatic hydroxyl groups is 3. The summed E-state index contributed by atoms with van der Waals surface area (Å²) in [6.45, 7) is 1.92. The van der Waals surface area contributed by atoms with Crippen molar-refractivity contribution in [3.05, 3.63) is 58.2 Å². The summed E-state index contributed by atoms with van der Waals surface area (Å²) in [6, 6.07) is 6.90. The molecule has 1 aromatic rings. The zero-order valence-electron chi connectivity index (χ0n) is 26.2. The first-order chi connectivity index (χ1) is 20.4. The molecule has 0 bridgehead atoms. The van der Waals surface area contributed by atoms with E-state index in [9.17, 15) is 20.1 Å². The molecule has 0 heterocycles. The van der Waals surface area contributed by atoms with E-state index in [-0.39, 0.29) is 13.0 Å². The third kappa shape index (κ3) is 12.3. The lowest BCUT2D eigenvalue weighted by Gasteiger charge is -2.26. The van der Waals surface area contributed by atoms with Crippen LogP contribution in [0, 0.1) is 11.8 Å². The minimum atomic E-state index is -0.790. The van der Waals surface area contributed by atoms with Crippen molar-refractivity contribution in [3.8, 4) is 0 Å². The average Bonchev–Trinajstić information content (AvgIpc) is 3.48. The van der Waals surface area contributed by atoms with Crippen LogP contribution in [0.25, 0.3) is 0 Å². The summed E-state index contributed by atoms with van der Waals surface area (Å²) < 4.78 is 0. The van der Waals surface area contributed by atoms with Crippen LogP contribution in [0.1, 0.15) is 133 Å². The van der Waals surface area contributed by atoms with Gasteiger partial charge in [0.05, 0.1) is 18.8 Å². The molecule has 1 aromatic carbocycles. The summed E-state index contributed by atoms with van der Waals surface area (Å²) in [6.07, 6.45) is 22.6. The predicted molar refractivity (Wildman–Crippen MR) is 172 cm³/mol. The average molecular weight is 583 g/mol. The number of rotatable bonds is 17. The van der Waals surface area contributed by atoms with Gasteiger partial charge in [0.15, 0.2) is 0 Å². The number of hydrogen-bond acceptors (Lipinski definition) is 4. The Hall–Kier alpha value is -1.95. The standard InChI is InChI=1S/C37H58O5/c1-2-3-5-16-34(39)22-21-30-19-20-31-14-10-15-32(24-28-12-8-9-13-28)36(31)23-18-29(11-6-4-7-17-37(41)42)25-33(30)26-35(40)27-38/h10,14-15,21-22,28-29,34-35,38-40H,2-9,11-13,16-20,23-27H2,1H3,(H,41,42)/t29-,34+,35+/m1/s1. The van der Waals surface area contributed by atoms with Crippen molar-refractivity contribution in [3.63, 3.8) is 0 Å². The molecule has 0 aliphatic heterocycles. The largest absolute Gasteiger partial charge is 0.481 e. The van der Waals surface area contributed by atoms with E-state index in [2.05, 4.69) is 31.2 Å². The summed E-state index contributed by atoms with van der Waals surface area (Å²) in [5.74, 6) is 0.506. The molecule has 5 nitrogen and oxygen atoms in total. The van der Waals surface area contributed by atoms with E-state index >= 15 is 0 Å². The Morgan fingerprint density at radius 1 is 0.976 bits per heavy atom. The first-order valence-electron chi connectivity index (χ1n) is 17.1. The van der Waals surface area contributed by atoms with E-state index in [1.807, 2.05) is 6.08 Å². The Balaban J connectivity index is 1.90. The second-order valence-corrected chi connectivity index (χ2v) is 13.1. The van der Waals surface area contributed by atoms with Crippen LogP contribution in [0.3, 0.4) is 0 Å². The third-order valence-electron chi connectivity index (χ3n) is 9.63. The second-order valence-electron chi connectivity index (χ2n) is 13.1. The molecular weight excluding hydrogens is 524 g/mol. The van der Waals surface area contributed by atoms with Gasteiger partial charge >= 0.3 is 5.97 Å². The third-order valence-corrected chi connectivity index (χ3v) is 9.63. The topological polar surface area (TPSA) is 98.0 Å². The molecule has 1 fully saturated rings. The van der Waals surface area contributed by atoms with Crippen LogP contribution in [0.15, 0.2) is 41.5 Å². The molecule has 236 valence electrons. The van der Waals surface area contributed by atoms with Crippen LogP contribution in [0.2, 0.25) is 0 Å². The summed E-state index contributed by atoms with van der Waals surface area (Å²) >= 11 is 0. The van der Waals surface area contributed by atoms with Gasteiger partial charge in [0, 0.05) is 6.42 Å². The Morgan fingerprint density at radius 2 is 1.79 bits per heavy atom. The Morgan fingerprint density at radius 3 is 2.52 bits per heavy atom. The predicted octanol–water partition coefficient (Wildman–Crippen LogP) is 7.88. The first kappa shape index (κ1) is 34.5. The van der Waals surface area contributed by atoms with Gasteiger partial charge in [-0.15, -0.1) is 0 Å². The number of carboxylic acid groups (broad SMARTS) is 1. The van der Waals surface area contributed by atoms with Gasteiger partial charge in [-0.05, 0) is 91.9 Å². The molecule has 2 aliphatic carbocycles. The van der Waals surface area contributed by atoms with Crippen molar-refractivity contribution in [2.45, 2.75) is 148 Å². The van der Waals surface area contributed by atoms with Crippen LogP contribution in [-0.2, 0) is 24.1 Å². The second kappa shape index (κ2) is 19.4. The minimum absolute atomic E-state index is 0.228. The molecule has 0 amide bonds. The number of hydrogen-bond donors (Lipinski definition) is 4. The monoisotopic (exact) mass is 582 g/mol. The Bertz CT molecular complexity index is 990. The van der Waals surface area contributed by atoms with Crippen molar-refractivity contribution in [1.82, 2.24) is 0 Å². The molecule has 0 aromatic heterocycles. The van der Waals surface area contributed by atoms with Crippen molar-refractivity contribution in [1.29, 1.82) is 0 Å². The number of fused-ring (bicyclic) bond motifs is 1. The van der Waals surface area contributed by atoms with Gasteiger partial charge in [-0.1, -0.05) is 107 Å². The van der Waals surface area contributed by atoms with Crippen molar-refractivity contribution < 1.29 is 25.2 Å². The fourth-order valence-corrected chi connectivity index (χ4v) is 7.16. The van der Waals surface area contributed by atoms with E-state index in [1.54, 1.807) is 5.56 Å². The number of aliphatic carboxylic acids is 1. The SMILES string of the molecule is CCCCC[C@H](O)C=CC1=C(C[C@H](O)CO)C[C@H](CCCCCC(=O)O)CCc2c(cccc2CC2CCCC2)CC1. The van der Waals surface area contributed by atoms with E-state index in [0.717, 1.165) is 83.0 Å². The minimum Gasteiger partial charge on any atom is -0.481 e. The lowest BCUT2D eigenvalue weighted by molar-refractivity contribution is -0.137. The lowest BCUT2D eigenvalue weighted by Crippen LogP contribution is -2.17. The molecule has 3 atom stereocenters. The highest BCUT2D eigenvalue weighted by atomic mass is 16.4. The molecule has 5 heteroatoms. The molecule has 42 heavy (non-hydrogen) atoms. The highest BCUT2D eigenvalue weighted by molar-refractivity contribution is 5.66. The van der Waals surface area contributed by atoms with Crippen molar-refractivity contribution >= 4 is 5.97 Å². The van der Waals surface area contributed by atoms with Gasteiger partial charge in [-0.2, -0.15) is 0 Å². The summed E-state index contributed by atoms with van der Waals surface area (Å²) in [7, 11) is 0. The number of carboxylic acids is 1. The van der Waals surface area contributed by atoms with Gasteiger partial charge in [-0.25, -0.2) is 0 Å². The lowest BCUT2D eigenvalue weighted by atomic mass is 9.80.